The first-order valence-corrected chi connectivity index (χ1v) is 8.96. The number of methoxy groups -OCH3 is 1. The van der Waals surface area contributed by atoms with Crippen molar-refractivity contribution in [1.82, 2.24) is 4.98 Å². The van der Waals surface area contributed by atoms with Crippen LogP contribution in [0, 0.1) is 6.92 Å². The SMILES string of the molecule is CCc1nc2ccccc2c(C)c1C(=O)OCCOc1ccc(OC)cc1. The quantitative estimate of drug-likeness (QED) is 0.460. The number of carbonyl (C=O) groups excluding carboxylic acids is 1. The van der Waals surface area contributed by atoms with Crippen molar-refractivity contribution in [3.63, 3.8) is 0 Å². The molecule has 0 radical (unpaired) electrons. The number of pyridine rings is 1. The molecule has 2 aromatic carbocycles. The van der Waals surface area contributed by atoms with Crippen LogP contribution in [0.3, 0.4) is 0 Å². The Bertz CT molecular complexity index is 935. The number of esters is 1. The van der Waals surface area contributed by atoms with Crippen molar-refractivity contribution in [2.45, 2.75) is 20.3 Å². The highest BCUT2D eigenvalue weighted by molar-refractivity contribution is 5.98. The number of nitrogens with zero attached hydrogens (tertiary/aromatic N) is 1. The predicted octanol–water partition coefficient (Wildman–Crippen LogP) is 4.35. The molecule has 5 heteroatoms. The number of hydrogen-bond acceptors (Lipinski definition) is 5. The van der Waals surface area contributed by atoms with E-state index in [-0.39, 0.29) is 19.2 Å². The fourth-order valence-corrected chi connectivity index (χ4v) is 3.01. The molecular formula is C22H23NO4. The molecule has 0 N–H and O–H groups in total. The van der Waals surface area contributed by atoms with Crippen molar-refractivity contribution in [1.29, 1.82) is 0 Å². The molecule has 0 aliphatic rings. The summed E-state index contributed by atoms with van der Waals surface area (Å²) in [6.07, 6.45) is 0.665. The van der Waals surface area contributed by atoms with Gasteiger partial charge in [0.25, 0.3) is 0 Å². The molecule has 3 aromatic rings. The number of aromatic nitrogens is 1. The number of para-hydroxylation sites is 1. The van der Waals surface area contributed by atoms with E-state index in [4.69, 9.17) is 14.2 Å². The molecule has 27 heavy (non-hydrogen) atoms. The lowest BCUT2D eigenvalue weighted by molar-refractivity contribution is 0.0448. The minimum absolute atomic E-state index is 0.167. The summed E-state index contributed by atoms with van der Waals surface area (Å²) >= 11 is 0. The van der Waals surface area contributed by atoms with E-state index >= 15 is 0 Å². The van der Waals surface area contributed by atoms with Crippen LogP contribution in [-0.4, -0.2) is 31.3 Å². The highest BCUT2D eigenvalue weighted by Gasteiger charge is 2.19. The summed E-state index contributed by atoms with van der Waals surface area (Å²) in [4.78, 5) is 17.3. The highest BCUT2D eigenvalue weighted by atomic mass is 16.6. The Morgan fingerprint density at radius 3 is 2.41 bits per heavy atom. The Morgan fingerprint density at radius 1 is 1.00 bits per heavy atom. The zero-order valence-corrected chi connectivity index (χ0v) is 15.8. The van der Waals surface area contributed by atoms with Crippen LogP contribution < -0.4 is 9.47 Å². The van der Waals surface area contributed by atoms with Gasteiger partial charge in [-0.3, -0.25) is 4.98 Å². The summed E-state index contributed by atoms with van der Waals surface area (Å²) in [6.45, 7) is 4.37. The van der Waals surface area contributed by atoms with Gasteiger partial charge in [-0.15, -0.1) is 0 Å². The lowest BCUT2D eigenvalue weighted by atomic mass is 10.0. The monoisotopic (exact) mass is 365 g/mol. The molecule has 0 fully saturated rings. The molecule has 140 valence electrons. The summed E-state index contributed by atoms with van der Waals surface area (Å²) in [5.74, 6) is 1.10. The number of hydrogen-bond donors (Lipinski definition) is 0. The van der Waals surface area contributed by atoms with E-state index in [0.29, 0.717) is 17.7 Å². The average Bonchev–Trinajstić information content (AvgIpc) is 2.71. The largest absolute Gasteiger partial charge is 0.497 e. The third kappa shape index (κ3) is 4.19. The second-order valence-corrected chi connectivity index (χ2v) is 6.09. The molecule has 0 unspecified atom stereocenters. The molecule has 5 nitrogen and oxygen atoms in total. The average molecular weight is 365 g/mol. The summed E-state index contributed by atoms with van der Waals surface area (Å²) < 4.78 is 16.1. The fourth-order valence-electron chi connectivity index (χ4n) is 3.01. The van der Waals surface area contributed by atoms with Crippen molar-refractivity contribution in [2.24, 2.45) is 0 Å². The van der Waals surface area contributed by atoms with Crippen molar-refractivity contribution < 1.29 is 19.0 Å². The third-order valence-corrected chi connectivity index (χ3v) is 4.41. The van der Waals surface area contributed by atoms with Crippen LogP contribution in [0.5, 0.6) is 11.5 Å². The minimum atomic E-state index is -0.360. The van der Waals surface area contributed by atoms with Crippen molar-refractivity contribution in [3.8, 4) is 11.5 Å². The van der Waals surface area contributed by atoms with Crippen LogP contribution >= 0.6 is 0 Å². The second-order valence-electron chi connectivity index (χ2n) is 6.09. The molecule has 0 saturated heterocycles. The van der Waals surface area contributed by atoms with E-state index in [1.54, 1.807) is 7.11 Å². The molecular weight excluding hydrogens is 342 g/mol. The van der Waals surface area contributed by atoms with Gasteiger partial charge in [0.1, 0.15) is 24.7 Å². The van der Waals surface area contributed by atoms with Crippen molar-refractivity contribution >= 4 is 16.9 Å². The van der Waals surface area contributed by atoms with Crippen LogP contribution in [0.2, 0.25) is 0 Å². The Labute approximate surface area is 158 Å². The van der Waals surface area contributed by atoms with E-state index in [1.807, 2.05) is 62.4 Å². The zero-order valence-electron chi connectivity index (χ0n) is 15.8. The molecule has 0 aliphatic carbocycles. The molecule has 0 saturated carbocycles. The van der Waals surface area contributed by atoms with Crippen molar-refractivity contribution in [3.05, 3.63) is 65.4 Å². The van der Waals surface area contributed by atoms with Crippen LogP contribution in [0.4, 0.5) is 0 Å². The van der Waals surface area contributed by atoms with Gasteiger partial charge in [0, 0.05) is 5.39 Å². The zero-order chi connectivity index (χ0) is 19.2. The van der Waals surface area contributed by atoms with Gasteiger partial charge in [0.15, 0.2) is 0 Å². The van der Waals surface area contributed by atoms with Crippen molar-refractivity contribution in [2.75, 3.05) is 20.3 Å². The van der Waals surface area contributed by atoms with Gasteiger partial charge in [0.2, 0.25) is 0 Å². The van der Waals surface area contributed by atoms with Gasteiger partial charge in [-0.05, 0) is 49.2 Å². The molecule has 0 atom stereocenters. The lowest BCUT2D eigenvalue weighted by Gasteiger charge is -2.13. The normalized spacial score (nSPS) is 10.6. The molecule has 0 spiro atoms. The standard InChI is InChI=1S/C22H23NO4/c1-4-19-21(15(2)18-7-5-6-8-20(18)23-19)22(24)27-14-13-26-17-11-9-16(25-3)10-12-17/h5-12H,4,13-14H2,1-3H3. The summed E-state index contributed by atoms with van der Waals surface area (Å²) in [5, 5.41) is 0.969. The van der Waals surface area contributed by atoms with Gasteiger partial charge >= 0.3 is 5.97 Å². The van der Waals surface area contributed by atoms with E-state index in [2.05, 4.69) is 4.98 Å². The smallest absolute Gasteiger partial charge is 0.340 e. The Kier molecular flexibility index (Phi) is 5.91. The van der Waals surface area contributed by atoms with Crippen LogP contribution in [0.1, 0.15) is 28.5 Å². The van der Waals surface area contributed by atoms with Gasteiger partial charge in [-0.25, -0.2) is 4.79 Å². The first-order valence-electron chi connectivity index (χ1n) is 8.96. The summed E-state index contributed by atoms with van der Waals surface area (Å²) in [7, 11) is 1.61. The van der Waals surface area contributed by atoms with Gasteiger partial charge < -0.3 is 14.2 Å². The number of ether oxygens (including phenoxy) is 3. The molecule has 0 aliphatic heterocycles. The summed E-state index contributed by atoms with van der Waals surface area (Å²) in [6, 6.07) is 15.1. The molecule has 1 aromatic heterocycles. The number of carbonyl (C=O) groups is 1. The predicted molar refractivity (Wildman–Crippen MR) is 105 cm³/mol. The number of rotatable bonds is 7. The second kappa shape index (κ2) is 8.54. The van der Waals surface area contributed by atoms with Crippen LogP contribution in [0.15, 0.2) is 48.5 Å². The van der Waals surface area contributed by atoms with Gasteiger partial charge in [-0.2, -0.15) is 0 Å². The Balaban J connectivity index is 1.66. The third-order valence-electron chi connectivity index (χ3n) is 4.41. The molecule has 0 bridgehead atoms. The molecule has 3 rings (SSSR count). The van der Waals surface area contributed by atoms with E-state index in [1.165, 1.54) is 0 Å². The number of aryl methyl sites for hydroxylation is 2. The maximum absolute atomic E-state index is 12.6. The summed E-state index contributed by atoms with van der Waals surface area (Å²) in [5.41, 5.74) is 3.11. The molecule has 1 heterocycles. The van der Waals surface area contributed by atoms with E-state index in [9.17, 15) is 4.79 Å². The number of benzene rings is 2. The minimum Gasteiger partial charge on any atom is -0.497 e. The maximum Gasteiger partial charge on any atom is 0.340 e. The topological polar surface area (TPSA) is 57.7 Å². The lowest BCUT2D eigenvalue weighted by Crippen LogP contribution is -2.16. The fraction of sp³-hybridized carbons (Fsp3) is 0.273. The molecule has 0 amide bonds. The Hall–Kier alpha value is -3.08. The first-order chi connectivity index (χ1) is 13.1. The maximum atomic E-state index is 12.6. The van der Waals surface area contributed by atoms with Gasteiger partial charge in [-0.1, -0.05) is 25.1 Å². The first kappa shape index (κ1) is 18.7. The Morgan fingerprint density at radius 2 is 1.70 bits per heavy atom. The van der Waals surface area contributed by atoms with Gasteiger partial charge in [0.05, 0.1) is 23.9 Å². The van der Waals surface area contributed by atoms with E-state index in [0.717, 1.165) is 27.9 Å². The number of fused-ring (bicyclic) bond motifs is 1. The highest BCUT2D eigenvalue weighted by Crippen LogP contribution is 2.24. The van der Waals surface area contributed by atoms with Crippen LogP contribution in [-0.2, 0) is 11.2 Å². The van der Waals surface area contributed by atoms with Crippen LogP contribution in [0.25, 0.3) is 10.9 Å². The van der Waals surface area contributed by atoms with E-state index < -0.39 is 0 Å².